The number of methoxy groups -OCH3 is 1. The SMILES string of the molecule is CCOP(=O)(CC(=O)NC(=O)c1ccc(OC)cc1)OCC. The minimum absolute atomic E-state index is 0.150. The molecule has 0 heterocycles. The first kappa shape index (κ1) is 18.4. The molecule has 22 heavy (non-hydrogen) atoms. The Hall–Kier alpha value is -1.69. The maximum absolute atomic E-state index is 12.2. The molecule has 0 saturated carbocycles. The van der Waals surface area contributed by atoms with Gasteiger partial charge in [0.25, 0.3) is 5.91 Å². The minimum atomic E-state index is -3.52. The van der Waals surface area contributed by atoms with Crippen LogP contribution in [0, 0.1) is 0 Å². The number of ether oxygens (including phenoxy) is 1. The lowest BCUT2D eigenvalue weighted by atomic mass is 10.2. The van der Waals surface area contributed by atoms with E-state index in [1.54, 1.807) is 26.0 Å². The third-order valence-electron chi connectivity index (χ3n) is 2.59. The Bertz CT molecular complexity index is 547. The van der Waals surface area contributed by atoms with E-state index in [2.05, 4.69) is 5.32 Å². The van der Waals surface area contributed by atoms with Gasteiger partial charge in [-0.15, -0.1) is 0 Å². The van der Waals surface area contributed by atoms with Gasteiger partial charge in [0.2, 0.25) is 5.91 Å². The van der Waals surface area contributed by atoms with Gasteiger partial charge in [-0.3, -0.25) is 19.5 Å². The second-order valence-corrected chi connectivity index (χ2v) is 6.26. The molecular formula is C14H20NO6P. The van der Waals surface area contributed by atoms with Gasteiger partial charge in [0, 0.05) is 5.56 Å². The first-order chi connectivity index (χ1) is 10.4. The topological polar surface area (TPSA) is 90.9 Å². The van der Waals surface area contributed by atoms with Crippen LogP contribution in [0.1, 0.15) is 24.2 Å². The molecule has 0 aliphatic carbocycles. The number of nitrogens with one attached hydrogen (secondary N) is 1. The number of carbonyl (C=O) groups is 2. The van der Waals surface area contributed by atoms with Crippen LogP contribution in [0.2, 0.25) is 0 Å². The molecule has 0 spiro atoms. The third kappa shape index (κ3) is 5.60. The zero-order valence-electron chi connectivity index (χ0n) is 12.8. The fourth-order valence-corrected chi connectivity index (χ4v) is 3.15. The number of benzene rings is 1. The van der Waals surface area contributed by atoms with Crippen LogP contribution < -0.4 is 10.1 Å². The number of rotatable bonds is 8. The van der Waals surface area contributed by atoms with Crippen LogP contribution >= 0.6 is 7.60 Å². The lowest BCUT2D eigenvalue weighted by Crippen LogP contribution is -2.33. The number of amides is 2. The molecule has 0 atom stereocenters. The summed E-state index contributed by atoms with van der Waals surface area (Å²) in [5.41, 5.74) is 0.289. The Morgan fingerprint density at radius 3 is 2.09 bits per heavy atom. The molecule has 122 valence electrons. The summed E-state index contributed by atoms with van der Waals surface area (Å²) in [5, 5.41) is 2.16. The molecule has 0 unspecified atom stereocenters. The Morgan fingerprint density at radius 2 is 1.64 bits per heavy atom. The van der Waals surface area contributed by atoms with E-state index in [4.69, 9.17) is 13.8 Å². The Balaban J connectivity index is 2.66. The van der Waals surface area contributed by atoms with Crippen molar-refractivity contribution in [2.24, 2.45) is 0 Å². The van der Waals surface area contributed by atoms with Gasteiger partial charge in [0.1, 0.15) is 11.9 Å². The zero-order chi connectivity index (χ0) is 16.6. The quantitative estimate of drug-likeness (QED) is 0.735. The van der Waals surface area contributed by atoms with Crippen molar-refractivity contribution in [3.05, 3.63) is 29.8 Å². The highest BCUT2D eigenvalue weighted by molar-refractivity contribution is 7.54. The summed E-state index contributed by atoms with van der Waals surface area (Å²) in [6, 6.07) is 6.24. The largest absolute Gasteiger partial charge is 0.497 e. The van der Waals surface area contributed by atoms with Crippen molar-refractivity contribution in [2.45, 2.75) is 13.8 Å². The van der Waals surface area contributed by atoms with Gasteiger partial charge in [0.05, 0.1) is 20.3 Å². The van der Waals surface area contributed by atoms with Gasteiger partial charge in [-0.05, 0) is 38.1 Å². The number of imide groups is 1. The van der Waals surface area contributed by atoms with Crippen molar-refractivity contribution < 1.29 is 27.9 Å². The lowest BCUT2D eigenvalue weighted by molar-refractivity contribution is -0.118. The standard InChI is InChI=1S/C14H20NO6P/c1-4-20-22(18,21-5-2)10-13(16)15-14(17)11-6-8-12(19-3)9-7-11/h6-9H,4-5,10H2,1-3H3,(H,15,16,17). The van der Waals surface area contributed by atoms with E-state index < -0.39 is 25.6 Å². The van der Waals surface area contributed by atoms with Gasteiger partial charge < -0.3 is 13.8 Å². The second-order valence-electron chi connectivity index (χ2n) is 4.21. The highest BCUT2D eigenvalue weighted by Crippen LogP contribution is 2.47. The monoisotopic (exact) mass is 329 g/mol. The van der Waals surface area contributed by atoms with Gasteiger partial charge in [0.15, 0.2) is 0 Å². The Kier molecular flexibility index (Phi) is 7.24. The van der Waals surface area contributed by atoms with Crippen molar-refractivity contribution in [1.29, 1.82) is 0 Å². The molecule has 0 radical (unpaired) electrons. The van der Waals surface area contributed by atoms with Crippen molar-refractivity contribution >= 4 is 19.4 Å². The Morgan fingerprint density at radius 1 is 1.09 bits per heavy atom. The molecule has 1 rings (SSSR count). The average Bonchev–Trinajstić information content (AvgIpc) is 2.47. The van der Waals surface area contributed by atoms with Crippen LogP contribution in [-0.4, -0.2) is 38.3 Å². The van der Waals surface area contributed by atoms with Crippen LogP contribution in [0.15, 0.2) is 24.3 Å². The van der Waals surface area contributed by atoms with E-state index in [9.17, 15) is 14.2 Å². The number of hydrogen-bond acceptors (Lipinski definition) is 6. The minimum Gasteiger partial charge on any atom is -0.497 e. The van der Waals surface area contributed by atoms with Crippen LogP contribution in [0.25, 0.3) is 0 Å². The highest BCUT2D eigenvalue weighted by atomic mass is 31.2. The predicted molar refractivity (Wildman–Crippen MR) is 81.2 cm³/mol. The molecule has 1 N–H and O–H groups in total. The van der Waals surface area contributed by atoms with Crippen molar-refractivity contribution in [1.82, 2.24) is 5.32 Å². The molecule has 1 aromatic rings. The van der Waals surface area contributed by atoms with E-state index in [1.807, 2.05) is 0 Å². The summed E-state index contributed by atoms with van der Waals surface area (Å²) in [6.07, 6.45) is -0.503. The molecule has 8 heteroatoms. The molecular weight excluding hydrogens is 309 g/mol. The third-order valence-corrected chi connectivity index (χ3v) is 4.57. The summed E-state index contributed by atoms with van der Waals surface area (Å²) in [6.45, 7) is 3.59. The normalized spacial score (nSPS) is 11.0. The molecule has 0 aliphatic rings. The highest BCUT2D eigenvalue weighted by Gasteiger charge is 2.28. The van der Waals surface area contributed by atoms with Gasteiger partial charge in [-0.1, -0.05) is 0 Å². The van der Waals surface area contributed by atoms with Gasteiger partial charge in [-0.25, -0.2) is 0 Å². The van der Waals surface area contributed by atoms with Crippen LogP contribution in [0.3, 0.4) is 0 Å². The van der Waals surface area contributed by atoms with Crippen molar-refractivity contribution in [2.75, 3.05) is 26.5 Å². The summed E-state index contributed by atoms with van der Waals surface area (Å²) >= 11 is 0. The Labute approximate surface area is 129 Å². The molecule has 7 nitrogen and oxygen atoms in total. The second kappa shape index (κ2) is 8.68. The lowest BCUT2D eigenvalue weighted by Gasteiger charge is -2.16. The molecule has 0 fully saturated rings. The van der Waals surface area contributed by atoms with Crippen molar-refractivity contribution in [3.8, 4) is 5.75 Å². The van der Waals surface area contributed by atoms with Crippen LogP contribution in [-0.2, 0) is 18.4 Å². The summed E-state index contributed by atoms with van der Waals surface area (Å²) in [5.74, 6) is -0.710. The fraction of sp³-hybridized carbons (Fsp3) is 0.429. The average molecular weight is 329 g/mol. The zero-order valence-corrected chi connectivity index (χ0v) is 13.7. The first-order valence-corrected chi connectivity index (χ1v) is 8.53. The van der Waals surface area contributed by atoms with E-state index in [-0.39, 0.29) is 18.8 Å². The molecule has 0 saturated heterocycles. The van der Waals surface area contributed by atoms with Crippen LogP contribution in [0.4, 0.5) is 0 Å². The maximum atomic E-state index is 12.2. The fourth-order valence-electron chi connectivity index (χ4n) is 1.68. The predicted octanol–water partition coefficient (Wildman–Crippen LogP) is 2.22. The molecule has 1 aromatic carbocycles. The number of hydrogen-bond donors (Lipinski definition) is 1. The molecule has 0 bridgehead atoms. The van der Waals surface area contributed by atoms with E-state index in [0.717, 1.165) is 0 Å². The smallest absolute Gasteiger partial charge is 0.340 e. The molecule has 0 aromatic heterocycles. The summed E-state index contributed by atoms with van der Waals surface area (Å²) in [4.78, 5) is 23.7. The van der Waals surface area contributed by atoms with Gasteiger partial charge in [-0.2, -0.15) is 0 Å². The number of carbonyl (C=O) groups excluding carboxylic acids is 2. The van der Waals surface area contributed by atoms with Crippen molar-refractivity contribution in [3.63, 3.8) is 0 Å². The first-order valence-electron chi connectivity index (χ1n) is 6.80. The summed E-state index contributed by atoms with van der Waals surface area (Å²) in [7, 11) is -2.01. The van der Waals surface area contributed by atoms with Gasteiger partial charge >= 0.3 is 7.60 Å². The van der Waals surface area contributed by atoms with E-state index in [1.165, 1.54) is 19.2 Å². The van der Waals surface area contributed by atoms with Crippen LogP contribution in [0.5, 0.6) is 5.75 Å². The maximum Gasteiger partial charge on any atom is 0.340 e. The van der Waals surface area contributed by atoms with E-state index >= 15 is 0 Å². The summed E-state index contributed by atoms with van der Waals surface area (Å²) < 4.78 is 27.2. The molecule has 2 amide bonds. The van der Waals surface area contributed by atoms with E-state index in [0.29, 0.717) is 5.75 Å². The molecule has 0 aliphatic heterocycles.